The zero-order valence-corrected chi connectivity index (χ0v) is 15.5. The molecule has 0 bridgehead atoms. The SMILES string of the molecule is CC(C)C(C(=O)N(C)C1CCNC1)N1C(=O)c2ccccc2C1=O.Cl. The molecule has 1 aromatic carbocycles. The highest BCUT2D eigenvalue weighted by Crippen LogP contribution is 2.28. The highest BCUT2D eigenvalue weighted by Gasteiger charge is 2.45. The third-order valence-electron chi connectivity index (χ3n) is 4.92. The molecular weight excluding hydrogens is 342 g/mol. The van der Waals surface area contributed by atoms with Crippen molar-refractivity contribution >= 4 is 30.1 Å². The number of halogens is 1. The van der Waals surface area contributed by atoms with Crippen molar-refractivity contribution in [3.63, 3.8) is 0 Å². The van der Waals surface area contributed by atoms with Gasteiger partial charge in [0.25, 0.3) is 11.8 Å². The molecule has 1 saturated heterocycles. The molecule has 2 aliphatic rings. The number of fused-ring (bicyclic) bond motifs is 1. The Kier molecular flexibility index (Phi) is 5.85. The van der Waals surface area contributed by atoms with Crippen LogP contribution in [0.2, 0.25) is 0 Å². The molecule has 1 fully saturated rings. The molecule has 7 heteroatoms. The second-order valence-corrected chi connectivity index (χ2v) is 6.81. The van der Waals surface area contributed by atoms with E-state index in [1.807, 2.05) is 13.8 Å². The Labute approximate surface area is 154 Å². The number of imide groups is 1. The lowest BCUT2D eigenvalue weighted by Crippen LogP contribution is -2.54. The number of rotatable bonds is 4. The molecule has 0 spiro atoms. The van der Waals surface area contributed by atoms with Gasteiger partial charge in [0.05, 0.1) is 11.1 Å². The summed E-state index contributed by atoms with van der Waals surface area (Å²) in [4.78, 5) is 41.3. The maximum atomic E-state index is 13.1. The molecule has 3 rings (SSSR count). The van der Waals surface area contributed by atoms with Crippen molar-refractivity contribution in [1.82, 2.24) is 15.1 Å². The zero-order valence-electron chi connectivity index (χ0n) is 14.7. The van der Waals surface area contributed by atoms with Crippen LogP contribution in [-0.4, -0.2) is 59.7 Å². The molecule has 2 unspecified atom stereocenters. The topological polar surface area (TPSA) is 69.7 Å². The number of likely N-dealkylation sites (N-methyl/N-ethyl adjacent to an activating group) is 1. The third kappa shape index (κ3) is 3.28. The van der Waals surface area contributed by atoms with Crippen LogP contribution in [0, 0.1) is 5.92 Å². The van der Waals surface area contributed by atoms with Gasteiger partial charge in [0.15, 0.2) is 0 Å². The number of nitrogens with one attached hydrogen (secondary N) is 1. The summed E-state index contributed by atoms with van der Waals surface area (Å²) in [5, 5.41) is 3.24. The van der Waals surface area contributed by atoms with Crippen LogP contribution in [-0.2, 0) is 4.79 Å². The van der Waals surface area contributed by atoms with Crippen LogP contribution in [0.4, 0.5) is 0 Å². The second kappa shape index (κ2) is 7.54. The summed E-state index contributed by atoms with van der Waals surface area (Å²) in [5.74, 6) is -1.08. The lowest BCUT2D eigenvalue weighted by atomic mass is 10.00. The van der Waals surface area contributed by atoms with Crippen LogP contribution in [0.1, 0.15) is 41.0 Å². The zero-order chi connectivity index (χ0) is 17.4. The fourth-order valence-corrected chi connectivity index (χ4v) is 3.51. The minimum atomic E-state index is -0.775. The van der Waals surface area contributed by atoms with Crippen LogP contribution in [0.5, 0.6) is 0 Å². The van der Waals surface area contributed by atoms with Gasteiger partial charge >= 0.3 is 0 Å². The fourth-order valence-electron chi connectivity index (χ4n) is 3.51. The minimum Gasteiger partial charge on any atom is -0.340 e. The predicted molar refractivity (Wildman–Crippen MR) is 96.9 cm³/mol. The number of hydrogen-bond donors (Lipinski definition) is 1. The second-order valence-electron chi connectivity index (χ2n) is 6.81. The van der Waals surface area contributed by atoms with E-state index in [0.717, 1.165) is 24.4 Å². The van der Waals surface area contributed by atoms with E-state index in [-0.39, 0.29) is 42.1 Å². The van der Waals surface area contributed by atoms with Crippen LogP contribution >= 0.6 is 12.4 Å². The van der Waals surface area contributed by atoms with Crippen molar-refractivity contribution < 1.29 is 14.4 Å². The standard InChI is InChI=1S/C18H23N3O3.ClH/c1-11(2)15(18(24)20(3)12-8-9-19-10-12)21-16(22)13-6-4-5-7-14(13)17(21)23;/h4-7,11-12,15,19H,8-10H2,1-3H3;1H. The number of nitrogens with zero attached hydrogens (tertiary/aromatic N) is 2. The average molecular weight is 366 g/mol. The molecule has 3 amide bonds. The molecule has 2 heterocycles. The summed E-state index contributed by atoms with van der Waals surface area (Å²) in [6.45, 7) is 5.36. The predicted octanol–water partition coefficient (Wildman–Crippen LogP) is 1.55. The molecule has 25 heavy (non-hydrogen) atoms. The monoisotopic (exact) mass is 365 g/mol. The average Bonchev–Trinajstić information content (AvgIpc) is 3.18. The van der Waals surface area contributed by atoms with Gasteiger partial charge in [0.2, 0.25) is 5.91 Å². The van der Waals surface area contributed by atoms with E-state index in [1.165, 1.54) is 0 Å². The Hall–Kier alpha value is -1.92. The lowest BCUT2D eigenvalue weighted by Gasteiger charge is -2.34. The molecular formula is C18H24ClN3O3. The Morgan fingerprint density at radius 2 is 1.76 bits per heavy atom. The molecule has 1 aromatic rings. The third-order valence-corrected chi connectivity index (χ3v) is 4.92. The molecule has 0 saturated carbocycles. The fraction of sp³-hybridized carbons (Fsp3) is 0.500. The van der Waals surface area contributed by atoms with Gasteiger partial charge < -0.3 is 10.2 Å². The van der Waals surface area contributed by atoms with Gasteiger partial charge in [0.1, 0.15) is 6.04 Å². The number of carbonyl (C=O) groups excluding carboxylic acids is 3. The first-order valence-electron chi connectivity index (χ1n) is 8.37. The molecule has 2 aliphatic heterocycles. The first-order chi connectivity index (χ1) is 11.4. The molecule has 1 N–H and O–H groups in total. The van der Waals surface area contributed by atoms with Crippen molar-refractivity contribution in [2.75, 3.05) is 20.1 Å². The summed E-state index contributed by atoms with van der Waals surface area (Å²) in [6.07, 6.45) is 0.884. The van der Waals surface area contributed by atoms with Gasteiger partial charge in [-0.25, -0.2) is 0 Å². The maximum Gasteiger partial charge on any atom is 0.262 e. The van der Waals surface area contributed by atoms with E-state index in [0.29, 0.717) is 11.1 Å². The van der Waals surface area contributed by atoms with Crippen molar-refractivity contribution in [2.24, 2.45) is 5.92 Å². The van der Waals surface area contributed by atoms with E-state index < -0.39 is 6.04 Å². The van der Waals surface area contributed by atoms with Crippen molar-refractivity contribution in [1.29, 1.82) is 0 Å². The number of benzene rings is 1. The summed E-state index contributed by atoms with van der Waals surface area (Å²) < 4.78 is 0. The Bertz CT molecular complexity index is 651. The summed E-state index contributed by atoms with van der Waals surface area (Å²) in [7, 11) is 1.76. The Morgan fingerprint density at radius 3 is 2.20 bits per heavy atom. The van der Waals surface area contributed by atoms with Gasteiger partial charge in [-0.05, 0) is 31.0 Å². The molecule has 2 atom stereocenters. The number of carbonyl (C=O) groups is 3. The van der Waals surface area contributed by atoms with Crippen molar-refractivity contribution in [3.8, 4) is 0 Å². The summed E-state index contributed by atoms with van der Waals surface area (Å²) in [6, 6.07) is 6.08. The molecule has 0 aromatic heterocycles. The van der Waals surface area contributed by atoms with E-state index in [4.69, 9.17) is 0 Å². The van der Waals surface area contributed by atoms with Crippen molar-refractivity contribution in [3.05, 3.63) is 35.4 Å². The Balaban J connectivity index is 0.00000225. The lowest BCUT2D eigenvalue weighted by molar-refractivity contribution is -0.137. The minimum absolute atomic E-state index is 0. The van der Waals surface area contributed by atoms with Gasteiger partial charge in [-0.3, -0.25) is 19.3 Å². The van der Waals surface area contributed by atoms with Crippen LogP contribution < -0.4 is 5.32 Å². The first-order valence-corrected chi connectivity index (χ1v) is 8.37. The van der Waals surface area contributed by atoms with E-state index in [9.17, 15) is 14.4 Å². The first kappa shape index (κ1) is 19.4. The highest BCUT2D eigenvalue weighted by atomic mass is 35.5. The highest BCUT2D eigenvalue weighted by molar-refractivity contribution is 6.22. The number of amides is 3. The van der Waals surface area contributed by atoms with E-state index in [1.54, 1.807) is 36.2 Å². The van der Waals surface area contributed by atoms with Gasteiger partial charge in [-0.15, -0.1) is 12.4 Å². The van der Waals surface area contributed by atoms with Crippen LogP contribution in [0.25, 0.3) is 0 Å². The van der Waals surface area contributed by atoms with Gasteiger partial charge in [-0.2, -0.15) is 0 Å². The smallest absolute Gasteiger partial charge is 0.262 e. The molecule has 6 nitrogen and oxygen atoms in total. The summed E-state index contributed by atoms with van der Waals surface area (Å²) >= 11 is 0. The van der Waals surface area contributed by atoms with E-state index >= 15 is 0 Å². The van der Waals surface area contributed by atoms with Crippen molar-refractivity contribution in [2.45, 2.75) is 32.4 Å². The normalized spacial score (nSPS) is 20.5. The molecule has 136 valence electrons. The quantitative estimate of drug-likeness (QED) is 0.822. The van der Waals surface area contributed by atoms with Crippen LogP contribution in [0.3, 0.4) is 0 Å². The van der Waals surface area contributed by atoms with Crippen LogP contribution in [0.15, 0.2) is 24.3 Å². The maximum absolute atomic E-state index is 13.1. The number of hydrogen-bond acceptors (Lipinski definition) is 4. The Morgan fingerprint density at radius 1 is 1.20 bits per heavy atom. The van der Waals surface area contributed by atoms with E-state index in [2.05, 4.69) is 5.32 Å². The summed E-state index contributed by atoms with van der Waals surface area (Å²) in [5.41, 5.74) is 0.761. The van der Waals surface area contributed by atoms with Gasteiger partial charge in [-0.1, -0.05) is 26.0 Å². The largest absolute Gasteiger partial charge is 0.340 e. The molecule has 0 aliphatic carbocycles. The molecule has 0 radical (unpaired) electrons. The van der Waals surface area contributed by atoms with Gasteiger partial charge in [0, 0.05) is 19.6 Å².